The van der Waals surface area contributed by atoms with Crippen LogP contribution in [0.1, 0.15) is 33.1 Å². The summed E-state index contributed by atoms with van der Waals surface area (Å²) < 4.78 is 0. The molecule has 0 N–H and O–H groups in total. The molecule has 72 valence electrons. The molecule has 0 radical (unpaired) electrons. The Balaban J connectivity index is 2.90. The van der Waals surface area contributed by atoms with Crippen LogP contribution < -0.4 is 0 Å². The fourth-order valence-corrected chi connectivity index (χ4v) is 2.13. The van der Waals surface area contributed by atoms with Crippen molar-refractivity contribution in [1.82, 2.24) is 0 Å². The van der Waals surface area contributed by atoms with Crippen molar-refractivity contribution in [2.24, 2.45) is 11.3 Å². The van der Waals surface area contributed by atoms with Crippen molar-refractivity contribution in [3.63, 3.8) is 0 Å². The summed E-state index contributed by atoms with van der Waals surface area (Å²) in [4.78, 5) is 11.3. The van der Waals surface area contributed by atoms with Crippen LogP contribution in [0.3, 0.4) is 0 Å². The third-order valence-corrected chi connectivity index (χ3v) is 3.23. The van der Waals surface area contributed by atoms with Crippen molar-refractivity contribution >= 4 is 5.78 Å². The zero-order chi connectivity index (χ0) is 10.1. The highest BCUT2D eigenvalue weighted by molar-refractivity contribution is 5.80. The Labute approximate surface area is 80.5 Å². The molecule has 0 saturated heterocycles. The largest absolute Gasteiger partial charge is 0.300 e. The number of Topliss-reactive ketones (excluding diaryl/α,β-unsaturated/α-hetero) is 1. The Morgan fingerprint density at radius 2 is 2.31 bits per heavy atom. The molecule has 1 heteroatoms. The minimum absolute atomic E-state index is 0.0831. The van der Waals surface area contributed by atoms with Crippen LogP contribution in [0.25, 0.3) is 0 Å². The van der Waals surface area contributed by atoms with Crippen molar-refractivity contribution in [1.29, 1.82) is 0 Å². The summed E-state index contributed by atoms with van der Waals surface area (Å²) >= 11 is 0. The van der Waals surface area contributed by atoms with Gasteiger partial charge in [0.1, 0.15) is 5.78 Å². The predicted octanol–water partition coefficient (Wildman–Crippen LogP) is 3.12. The van der Waals surface area contributed by atoms with E-state index in [4.69, 9.17) is 0 Å². The van der Waals surface area contributed by atoms with Gasteiger partial charge < -0.3 is 0 Å². The summed E-state index contributed by atoms with van der Waals surface area (Å²) in [5, 5.41) is 0. The molecule has 1 aliphatic carbocycles. The lowest BCUT2D eigenvalue weighted by molar-refractivity contribution is -0.123. The zero-order valence-corrected chi connectivity index (χ0v) is 8.60. The van der Waals surface area contributed by atoms with Crippen LogP contribution in [0.2, 0.25) is 0 Å². The summed E-state index contributed by atoms with van der Waals surface area (Å²) in [5.74, 6) is 0.665. The number of carbonyl (C=O) groups is 1. The van der Waals surface area contributed by atoms with Crippen LogP contribution in [0.15, 0.2) is 24.8 Å². The van der Waals surface area contributed by atoms with Gasteiger partial charge >= 0.3 is 0 Å². The van der Waals surface area contributed by atoms with E-state index >= 15 is 0 Å². The Morgan fingerprint density at radius 3 is 2.77 bits per heavy atom. The first kappa shape index (κ1) is 10.2. The van der Waals surface area contributed by atoms with Gasteiger partial charge in [-0.3, -0.25) is 4.79 Å². The molecular weight excluding hydrogens is 160 g/mol. The van der Waals surface area contributed by atoms with E-state index in [9.17, 15) is 4.79 Å². The van der Waals surface area contributed by atoms with Crippen LogP contribution >= 0.6 is 0 Å². The van der Waals surface area contributed by atoms with Gasteiger partial charge in [0.05, 0.1) is 0 Å². The molecule has 0 aliphatic heterocycles. The topological polar surface area (TPSA) is 17.1 Å². The van der Waals surface area contributed by atoms with E-state index in [1.54, 1.807) is 0 Å². The first-order chi connectivity index (χ1) is 5.99. The van der Waals surface area contributed by atoms with Crippen molar-refractivity contribution in [3.8, 4) is 0 Å². The fraction of sp³-hybridized carbons (Fsp3) is 0.583. The molecule has 0 aromatic rings. The highest BCUT2D eigenvalue weighted by Crippen LogP contribution is 2.43. The number of ketones is 1. The van der Waals surface area contributed by atoms with Gasteiger partial charge in [0, 0.05) is 12.8 Å². The van der Waals surface area contributed by atoms with E-state index in [1.807, 2.05) is 13.0 Å². The molecule has 0 bridgehead atoms. The number of hydrogen-bond acceptors (Lipinski definition) is 1. The van der Waals surface area contributed by atoms with E-state index < -0.39 is 0 Å². The van der Waals surface area contributed by atoms with Gasteiger partial charge in [-0.2, -0.15) is 0 Å². The standard InChI is InChI=1S/C12H18O/c1-5-12(4)7-6-10(13)8-11(12)9(2)3/h5,11H,1-2,6-8H2,3-4H3/t11-,12-/m0/s1. The summed E-state index contributed by atoms with van der Waals surface area (Å²) in [5.41, 5.74) is 1.19. The van der Waals surface area contributed by atoms with E-state index in [2.05, 4.69) is 20.1 Å². The smallest absolute Gasteiger partial charge is 0.133 e. The van der Waals surface area contributed by atoms with Gasteiger partial charge in [0.2, 0.25) is 0 Å². The zero-order valence-electron chi connectivity index (χ0n) is 8.60. The van der Waals surface area contributed by atoms with Crippen LogP contribution in [-0.2, 0) is 4.79 Å². The minimum Gasteiger partial charge on any atom is -0.300 e. The van der Waals surface area contributed by atoms with Crippen LogP contribution in [-0.4, -0.2) is 5.78 Å². The molecule has 13 heavy (non-hydrogen) atoms. The minimum atomic E-state index is 0.0831. The highest BCUT2D eigenvalue weighted by Gasteiger charge is 2.37. The van der Waals surface area contributed by atoms with Crippen LogP contribution in [0, 0.1) is 11.3 Å². The summed E-state index contributed by atoms with van der Waals surface area (Å²) in [6.45, 7) is 12.0. The lowest BCUT2D eigenvalue weighted by Crippen LogP contribution is -2.33. The van der Waals surface area contributed by atoms with E-state index in [0.717, 1.165) is 12.0 Å². The maximum Gasteiger partial charge on any atom is 0.133 e. The lowest BCUT2D eigenvalue weighted by Gasteiger charge is -2.39. The van der Waals surface area contributed by atoms with E-state index in [1.165, 1.54) is 0 Å². The molecular formula is C12H18O. The Kier molecular flexibility index (Phi) is 2.74. The Hall–Kier alpha value is -0.850. The Bertz CT molecular complexity index is 252. The second-order valence-electron chi connectivity index (χ2n) is 4.35. The molecule has 1 nitrogen and oxygen atoms in total. The monoisotopic (exact) mass is 178 g/mol. The maximum absolute atomic E-state index is 11.3. The first-order valence-electron chi connectivity index (χ1n) is 4.80. The van der Waals surface area contributed by atoms with Crippen LogP contribution in [0.5, 0.6) is 0 Å². The first-order valence-corrected chi connectivity index (χ1v) is 4.80. The van der Waals surface area contributed by atoms with E-state index in [-0.39, 0.29) is 5.41 Å². The quantitative estimate of drug-likeness (QED) is 0.594. The van der Waals surface area contributed by atoms with Gasteiger partial charge in [-0.25, -0.2) is 0 Å². The molecule has 0 aromatic carbocycles. The summed E-state index contributed by atoms with van der Waals surface area (Å²) in [7, 11) is 0. The predicted molar refractivity (Wildman–Crippen MR) is 55.5 cm³/mol. The van der Waals surface area contributed by atoms with Gasteiger partial charge in [0.25, 0.3) is 0 Å². The van der Waals surface area contributed by atoms with Gasteiger partial charge in [-0.15, -0.1) is 6.58 Å². The average Bonchev–Trinajstić information content (AvgIpc) is 2.09. The summed E-state index contributed by atoms with van der Waals surface area (Å²) in [6, 6.07) is 0. The van der Waals surface area contributed by atoms with Crippen molar-refractivity contribution in [2.75, 3.05) is 0 Å². The lowest BCUT2D eigenvalue weighted by atomic mass is 9.65. The second-order valence-corrected chi connectivity index (χ2v) is 4.35. The fourth-order valence-electron chi connectivity index (χ4n) is 2.13. The molecule has 0 spiro atoms. The number of hydrogen-bond donors (Lipinski definition) is 0. The number of rotatable bonds is 2. The number of allylic oxidation sites excluding steroid dienone is 2. The molecule has 1 rings (SSSR count). The van der Waals surface area contributed by atoms with Crippen molar-refractivity contribution in [3.05, 3.63) is 24.8 Å². The van der Waals surface area contributed by atoms with Gasteiger partial charge in [-0.1, -0.05) is 25.2 Å². The normalized spacial score (nSPS) is 34.3. The molecule has 1 aliphatic rings. The molecule has 1 saturated carbocycles. The molecule has 1 fully saturated rings. The molecule has 0 unspecified atom stereocenters. The third kappa shape index (κ3) is 1.90. The highest BCUT2D eigenvalue weighted by atomic mass is 16.1. The Morgan fingerprint density at radius 1 is 1.69 bits per heavy atom. The van der Waals surface area contributed by atoms with Crippen LogP contribution in [0.4, 0.5) is 0 Å². The second kappa shape index (κ2) is 3.49. The molecule has 0 heterocycles. The van der Waals surface area contributed by atoms with Gasteiger partial charge in [-0.05, 0) is 24.7 Å². The summed E-state index contributed by atoms with van der Waals surface area (Å²) in [6.07, 6.45) is 4.26. The SMILES string of the molecule is C=C[C@@]1(C)CCC(=O)C[C@H]1C(=C)C. The van der Waals surface area contributed by atoms with E-state index in [0.29, 0.717) is 24.5 Å². The average molecular weight is 178 g/mol. The molecule has 0 aromatic heterocycles. The van der Waals surface area contributed by atoms with Crippen molar-refractivity contribution in [2.45, 2.75) is 33.1 Å². The number of carbonyl (C=O) groups excluding carboxylic acids is 1. The third-order valence-electron chi connectivity index (χ3n) is 3.23. The van der Waals surface area contributed by atoms with Gasteiger partial charge in [0.15, 0.2) is 0 Å². The molecule has 2 atom stereocenters. The van der Waals surface area contributed by atoms with Crippen molar-refractivity contribution < 1.29 is 4.79 Å². The molecule has 0 amide bonds. The maximum atomic E-state index is 11.3.